The fraction of sp³-hybridized carbons (Fsp3) is 0.500. The van der Waals surface area contributed by atoms with E-state index in [2.05, 4.69) is 12.2 Å². The molecule has 1 saturated heterocycles. The fourth-order valence-electron chi connectivity index (χ4n) is 2.22. The van der Waals surface area contributed by atoms with Crippen LogP contribution in [0, 0.1) is 0 Å². The molecule has 3 N–H and O–H groups in total. The third-order valence-electron chi connectivity index (χ3n) is 3.78. The number of methoxy groups -OCH3 is 1. The van der Waals surface area contributed by atoms with Gasteiger partial charge in [-0.3, -0.25) is 0 Å². The first-order valence-electron chi connectivity index (χ1n) is 6.34. The highest BCUT2D eigenvalue weighted by atomic mass is 16.5. The Morgan fingerprint density at radius 2 is 2.32 bits per heavy atom. The Labute approximate surface area is 113 Å². The molecule has 2 atom stereocenters. The summed E-state index contributed by atoms with van der Waals surface area (Å²) in [6.45, 7) is 4.84. The largest absolute Gasteiger partial charge is 0.465 e. The lowest BCUT2D eigenvalue weighted by molar-refractivity contribution is 0.0601. The topological polar surface area (TPSA) is 73.6 Å². The molecule has 5 nitrogen and oxygen atoms in total. The molecule has 1 aromatic carbocycles. The zero-order valence-corrected chi connectivity index (χ0v) is 11.5. The average molecular weight is 264 g/mol. The molecular formula is C14H20N2O3. The summed E-state index contributed by atoms with van der Waals surface area (Å²) in [5.74, 6) is -0.371. The first kappa shape index (κ1) is 13.7. The number of esters is 1. The van der Waals surface area contributed by atoms with Crippen molar-refractivity contribution in [3.63, 3.8) is 0 Å². The van der Waals surface area contributed by atoms with Gasteiger partial charge in [-0.2, -0.15) is 0 Å². The summed E-state index contributed by atoms with van der Waals surface area (Å²) in [6.07, 6.45) is 0.990. The van der Waals surface area contributed by atoms with Crippen molar-refractivity contribution < 1.29 is 14.3 Å². The molecule has 0 spiro atoms. The van der Waals surface area contributed by atoms with Crippen molar-refractivity contribution in [2.45, 2.75) is 31.9 Å². The molecule has 2 unspecified atom stereocenters. The van der Waals surface area contributed by atoms with E-state index >= 15 is 0 Å². The maximum absolute atomic E-state index is 11.5. The number of nitrogen functional groups attached to an aromatic ring is 1. The number of carbonyl (C=O) groups excluding carboxylic acids is 1. The van der Waals surface area contributed by atoms with Gasteiger partial charge in [-0.1, -0.05) is 0 Å². The van der Waals surface area contributed by atoms with Crippen LogP contribution in [0.1, 0.15) is 30.6 Å². The summed E-state index contributed by atoms with van der Waals surface area (Å²) in [5, 5.41) is 3.40. The quantitative estimate of drug-likeness (QED) is 0.645. The van der Waals surface area contributed by atoms with Crippen LogP contribution in [0.4, 0.5) is 11.4 Å². The van der Waals surface area contributed by atoms with Crippen LogP contribution in [0.25, 0.3) is 0 Å². The molecule has 19 heavy (non-hydrogen) atoms. The number of rotatable bonds is 3. The van der Waals surface area contributed by atoms with E-state index in [1.807, 2.05) is 6.92 Å². The minimum Gasteiger partial charge on any atom is -0.465 e. The minimum atomic E-state index is -0.371. The maximum atomic E-state index is 11.5. The van der Waals surface area contributed by atoms with Crippen molar-refractivity contribution in [3.8, 4) is 0 Å². The lowest BCUT2D eigenvalue weighted by Gasteiger charge is -2.30. The second kappa shape index (κ2) is 5.09. The summed E-state index contributed by atoms with van der Waals surface area (Å²) in [7, 11) is 1.36. The smallest absolute Gasteiger partial charge is 0.337 e. The highest BCUT2D eigenvalue weighted by Gasteiger charge is 2.37. The van der Waals surface area contributed by atoms with Gasteiger partial charge in [0.25, 0.3) is 0 Å². The molecule has 1 aliphatic rings. The van der Waals surface area contributed by atoms with Gasteiger partial charge in [-0.05, 0) is 38.5 Å². The zero-order chi connectivity index (χ0) is 14.0. The van der Waals surface area contributed by atoms with Crippen molar-refractivity contribution >= 4 is 17.3 Å². The van der Waals surface area contributed by atoms with Crippen LogP contribution in [0.15, 0.2) is 18.2 Å². The van der Waals surface area contributed by atoms with Gasteiger partial charge in [0.1, 0.15) is 0 Å². The summed E-state index contributed by atoms with van der Waals surface area (Å²) in [5.41, 5.74) is 7.60. The van der Waals surface area contributed by atoms with E-state index in [-0.39, 0.29) is 17.6 Å². The fourth-order valence-corrected chi connectivity index (χ4v) is 2.22. The van der Waals surface area contributed by atoms with E-state index in [9.17, 15) is 4.79 Å². The third kappa shape index (κ3) is 2.66. The summed E-state index contributed by atoms with van der Waals surface area (Å²) >= 11 is 0. The third-order valence-corrected chi connectivity index (χ3v) is 3.78. The van der Waals surface area contributed by atoms with Crippen LogP contribution in [0.2, 0.25) is 0 Å². The molecular weight excluding hydrogens is 244 g/mol. The van der Waals surface area contributed by atoms with Crippen molar-refractivity contribution in [2.75, 3.05) is 24.8 Å². The van der Waals surface area contributed by atoms with Gasteiger partial charge in [0.2, 0.25) is 0 Å². The van der Waals surface area contributed by atoms with E-state index in [0.717, 1.165) is 18.7 Å². The van der Waals surface area contributed by atoms with Gasteiger partial charge >= 0.3 is 5.97 Å². The highest BCUT2D eigenvalue weighted by Crippen LogP contribution is 2.32. The molecule has 104 valence electrons. The summed E-state index contributed by atoms with van der Waals surface area (Å²) in [4.78, 5) is 11.5. The number of ether oxygens (including phenoxy) is 2. The second-order valence-electron chi connectivity index (χ2n) is 5.10. The predicted octanol–water partition coefficient (Wildman–Crippen LogP) is 2.03. The van der Waals surface area contributed by atoms with Crippen LogP contribution in [0.3, 0.4) is 0 Å². The van der Waals surface area contributed by atoms with Crippen molar-refractivity contribution in [3.05, 3.63) is 23.8 Å². The molecule has 2 rings (SSSR count). The Kier molecular flexibility index (Phi) is 3.66. The number of benzene rings is 1. The summed E-state index contributed by atoms with van der Waals surface area (Å²) < 4.78 is 10.3. The Morgan fingerprint density at radius 1 is 1.58 bits per heavy atom. The Bertz CT molecular complexity index is 490. The Hall–Kier alpha value is -1.75. The van der Waals surface area contributed by atoms with E-state index in [4.69, 9.17) is 15.2 Å². The molecule has 5 heteroatoms. The molecule has 0 bridgehead atoms. The summed E-state index contributed by atoms with van der Waals surface area (Å²) in [6, 6.07) is 5.08. The molecule has 0 aromatic heterocycles. The molecule has 1 fully saturated rings. The molecule has 0 amide bonds. The molecule has 1 heterocycles. The van der Waals surface area contributed by atoms with Crippen molar-refractivity contribution in [1.82, 2.24) is 0 Å². The molecule has 0 saturated carbocycles. The maximum Gasteiger partial charge on any atom is 0.337 e. The lowest BCUT2D eigenvalue weighted by atomic mass is 9.94. The van der Waals surface area contributed by atoms with E-state index in [0.29, 0.717) is 11.3 Å². The van der Waals surface area contributed by atoms with E-state index in [1.165, 1.54) is 7.11 Å². The first-order chi connectivity index (χ1) is 8.96. The number of nitrogens with two attached hydrogens (primary N) is 1. The second-order valence-corrected chi connectivity index (χ2v) is 5.10. The first-order valence-corrected chi connectivity index (χ1v) is 6.34. The van der Waals surface area contributed by atoms with Crippen molar-refractivity contribution in [2.24, 2.45) is 0 Å². The highest BCUT2D eigenvalue weighted by molar-refractivity contribution is 5.92. The van der Waals surface area contributed by atoms with Crippen LogP contribution in [-0.2, 0) is 9.47 Å². The standard InChI is InChI=1S/C14H20N2O3/c1-9-14(2,6-7-19-9)16-12-8-10(13(17)18-3)4-5-11(12)15/h4-5,8-9,16H,6-7,15H2,1-3H3. The predicted molar refractivity (Wildman–Crippen MR) is 74.3 cm³/mol. The average Bonchev–Trinajstić information content (AvgIpc) is 2.71. The van der Waals surface area contributed by atoms with Crippen LogP contribution >= 0.6 is 0 Å². The van der Waals surface area contributed by atoms with Crippen LogP contribution in [-0.4, -0.2) is 31.3 Å². The van der Waals surface area contributed by atoms with Crippen LogP contribution in [0.5, 0.6) is 0 Å². The van der Waals surface area contributed by atoms with Gasteiger partial charge in [0.05, 0.1) is 35.7 Å². The number of nitrogens with one attached hydrogen (secondary N) is 1. The van der Waals surface area contributed by atoms with Gasteiger partial charge in [-0.15, -0.1) is 0 Å². The van der Waals surface area contributed by atoms with Gasteiger partial charge in [-0.25, -0.2) is 4.79 Å². The minimum absolute atomic E-state index is 0.0914. The van der Waals surface area contributed by atoms with Crippen LogP contribution < -0.4 is 11.1 Å². The van der Waals surface area contributed by atoms with Gasteiger partial charge in [0, 0.05) is 6.61 Å². The number of anilines is 2. The van der Waals surface area contributed by atoms with E-state index in [1.54, 1.807) is 18.2 Å². The lowest BCUT2D eigenvalue weighted by Crippen LogP contribution is -2.41. The van der Waals surface area contributed by atoms with E-state index < -0.39 is 0 Å². The van der Waals surface area contributed by atoms with Gasteiger partial charge in [0.15, 0.2) is 0 Å². The zero-order valence-electron chi connectivity index (χ0n) is 11.5. The van der Waals surface area contributed by atoms with Crippen molar-refractivity contribution in [1.29, 1.82) is 0 Å². The Balaban J connectivity index is 2.26. The molecule has 0 aliphatic carbocycles. The molecule has 1 aromatic rings. The SMILES string of the molecule is COC(=O)c1ccc(N)c(NC2(C)CCOC2C)c1. The normalized spacial score (nSPS) is 26.2. The number of carbonyl (C=O) groups is 1. The Morgan fingerprint density at radius 3 is 2.89 bits per heavy atom. The number of hydrogen-bond donors (Lipinski definition) is 2. The monoisotopic (exact) mass is 264 g/mol. The molecule has 1 aliphatic heterocycles. The van der Waals surface area contributed by atoms with Gasteiger partial charge < -0.3 is 20.5 Å². The number of hydrogen-bond acceptors (Lipinski definition) is 5. The molecule has 0 radical (unpaired) electrons.